The van der Waals surface area contributed by atoms with Crippen molar-refractivity contribution in [3.05, 3.63) is 54.2 Å². The molecule has 0 saturated carbocycles. The topological polar surface area (TPSA) is 34.0 Å². The number of benzene rings is 1. The van der Waals surface area contributed by atoms with Gasteiger partial charge in [-0.15, -0.1) is 0 Å². The highest BCUT2D eigenvalue weighted by molar-refractivity contribution is 6.31. The van der Waals surface area contributed by atoms with Gasteiger partial charge in [0.1, 0.15) is 0 Å². The second kappa shape index (κ2) is 6.14. The van der Waals surface area contributed by atoms with E-state index in [-0.39, 0.29) is 0 Å². The van der Waals surface area contributed by atoms with Crippen LogP contribution in [0.1, 0.15) is 6.42 Å². The Hall–Kier alpha value is -2.07. The van der Waals surface area contributed by atoms with Crippen LogP contribution in [0.25, 0.3) is 10.9 Å². The van der Waals surface area contributed by atoms with Gasteiger partial charge in [0.05, 0.1) is 11.8 Å². The van der Waals surface area contributed by atoms with Crippen LogP contribution in [-0.2, 0) is 6.54 Å². The second-order valence-electron chi connectivity index (χ2n) is 5.07. The normalized spacial score (nSPS) is 11.0. The van der Waals surface area contributed by atoms with Crippen LogP contribution >= 0.6 is 11.6 Å². The minimum atomic E-state index is 0.739. The third-order valence-electron chi connectivity index (χ3n) is 3.56. The number of rotatable bonds is 5. The van der Waals surface area contributed by atoms with Crippen molar-refractivity contribution in [1.82, 2.24) is 14.5 Å². The Morgan fingerprint density at radius 2 is 2.14 bits per heavy atom. The molecule has 0 radical (unpaired) electrons. The van der Waals surface area contributed by atoms with Crippen LogP contribution in [-0.4, -0.2) is 28.1 Å². The first-order valence-corrected chi connectivity index (χ1v) is 7.33. The first-order valence-electron chi connectivity index (χ1n) is 6.95. The number of aromatic nitrogens is 3. The molecule has 0 N–H and O–H groups in total. The van der Waals surface area contributed by atoms with Crippen LogP contribution in [0, 0.1) is 0 Å². The predicted molar refractivity (Wildman–Crippen MR) is 86.9 cm³/mol. The van der Waals surface area contributed by atoms with Gasteiger partial charge < -0.3 is 9.47 Å². The van der Waals surface area contributed by atoms with Crippen LogP contribution in [0.3, 0.4) is 0 Å². The van der Waals surface area contributed by atoms with E-state index in [1.165, 1.54) is 0 Å². The van der Waals surface area contributed by atoms with E-state index in [1.807, 2.05) is 49.2 Å². The molecule has 5 heteroatoms. The van der Waals surface area contributed by atoms with E-state index in [9.17, 15) is 0 Å². The van der Waals surface area contributed by atoms with E-state index in [4.69, 9.17) is 11.6 Å². The molecule has 0 aliphatic carbocycles. The van der Waals surface area contributed by atoms with E-state index >= 15 is 0 Å². The molecule has 0 unspecified atom stereocenters. The van der Waals surface area contributed by atoms with Crippen LogP contribution in [0.4, 0.5) is 5.69 Å². The molecule has 4 nitrogen and oxygen atoms in total. The number of imidazole rings is 1. The largest absolute Gasteiger partial charge is 0.374 e. The summed E-state index contributed by atoms with van der Waals surface area (Å²) in [4.78, 5) is 10.7. The monoisotopic (exact) mass is 300 g/mol. The molecule has 108 valence electrons. The standard InChI is InChI=1S/C16H17ClN4/c1-20(8-2-9-21-10-7-18-12-21)16-5-6-19-15-4-3-13(17)11-14(15)16/h3-7,10-12H,2,8-9H2,1H3. The fraction of sp³-hybridized carbons (Fsp3) is 0.250. The lowest BCUT2D eigenvalue weighted by atomic mass is 10.1. The van der Waals surface area contributed by atoms with Gasteiger partial charge in [0, 0.05) is 54.8 Å². The third kappa shape index (κ3) is 3.16. The van der Waals surface area contributed by atoms with E-state index in [1.54, 1.807) is 0 Å². The predicted octanol–water partition coefficient (Wildman–Crippen LogP) is 3.61. The van der Waals surface area contributed by atoms with Crippen LogP contribution < -0.4 is 4.90 Å². The zero-order chi connectivity index (χ0) is 14.7. The van der Waals surface area contributed by atoms with Gasteiger partial charge in [-0.3, -0.25) is 4.98 Å². The van der Waals surface area contributed by atoms with Gasteiger partial charge in [-0.05, 0) is 30.7 Å². The van der Waals surface area contributed by atoms with E-state index in [2.05, 4.69) is 26.5 Å². The van der Waals surface area contributed by atoms with Crippen molar-refractivity contribution >= 4 is 28.2 Å². The molecule has 2 aromatic heterocycles. The summed E-state index contributed by atoms with van der Waals surface area (Å²) in [6, 6.07) is 7.85. The maximum Gasteiger partial charge on any atom is 0.0945 e. The average molecular weight is 301 g/mol. The summed E-state index contributed by atoms with van der Waals surface area (Å²) in [5, 5.41) is 1.83. The minimum Gasteiger partial charge on any atom is -0.374 e. The van der Waals surface area contributed by atoms with Gasteiger partial charge in [-0.1, -0.05) is 11.6 Å². The molecule has 0 saturated heterocycles. The summed E-state index contributed by atoms with van der Waals surface area (Å²) in [5.74, 6) is 0. The minimum absolute atomic E-state index is 0.739. The van der Waals surface area contributed by atoms with E-state index in [0.717, 1.165) is 41.1 Å². The third-order valence-corrected chi connectivity index (χ3v) is 3.80. The number of anilines is 1. The molecule has 2 heterocycles. The van der Waals surface area contributed by atoms with E-state index in [0.29, 0.717) is 0 Å². The summed E-state index contributed by atoms with van der Waals surface area (Å²) >= 11 is 6.11. The van der Waals surface area contributed by atoms with Crippen molar-refractivity contribution < 1.29 is 0 Å². The number of hydrogen-bond donors (Lipinski definition) is 0. The highest BCUT2D eigenvalue weighted by Crippen LogP contribution is 2.27. The Morgan fingerprint density at radius 3 is 2.95 bits per heavy atom. The number of hydrogen-bond acceptors (Lipinski definition) is 3. The highest BCUT2D eigenvalue weighted by Gasteiger charge is 2.07. The van der Waals surface area contributed by atoms with Gasteiger partial charge in [-0.2, -0.15) is 0 Å². The highest BCUT2D eigenvalue weighted by atomic mass is 35.5. The maximum absolute atomic E-state index is 6.11. The fourth-order valence-corrected chi connectivity index (χ4v) is 2.64. The molecule has 21 heavy (non-hydrogen) atoms. The molecular weight excluding hydrogens is 284 g/mol. The summed E-state index contributed by atoms with van der Waals surface area (Å²) in [7, 11) is 2.10. The van der Waals surface area contributed by atoms with Crippen LogP contribution in [0.2, 0.25) is 5.02 Å². The Kier molecular flexibility index (Phi) is 4.06. The number of fused-ring (bicyclic) bond motifs is 1. The average Bonchev–Trinajstić information content (AvgIpc) is 2.99. The summed E-state index contributed by atoms with van der Waals surface area (Å²) in [6.45, 7) is 1.93. The van der Waals surface area contributed by atoms with Gasteiger partial charge in [-0.25, -0.2) is 4.98 Å². The number of aryl methyl sites for hydroxylation is 1. The Labute approximate surface area is 129 Å². The molecular formula is C16H17ClN4. The first kappa shape index (κ1) is 13.9. The lowest BCUT2D eigenvalue weighted by Crippen LogP contribution is -2.20. The summed E-state index contributed by atoms with van der Waals surface area (Å²) < 4.78 is 2.09. The van der Waals surface area contributed by atoms with Crippen molar-refractivity contribution in [1.29, 1.82) is 0 Å². The zero-order valence-electron chi connectivity index (χ0n) is 11.9. The summed E-state index contributed by atoms with van der Waals surface area (Å²) in [6.07, 6.45) is 8.54. The van der Waals surface area contributed by atoms with Gasteiger partial charge in [0.15, 0.2) is 0 Å². The van der Waals surface area contributed by atoms with E-state index < -0.39 is 0 Å². The number of nitrogens with zero attached hydrogens (tertiary/aromatic N) is 4. The Balaban J connectivity index is 1.74. The van der Waals surface area contributed by atoms with Crippen molar-refractivity contribution in [3.8, 4) is 0 Å². The molecule has 0 aliphatic heterocycles. The smallest absolute Gasteiger partial charge is 0.0945 e. The van der Waals surface area contributed by atoms with Crippen molar-refractivity contribution in [3.63, 3.8) is 0 Å². The molecule has 0 spiro atoms. The first-order chi connectivity index (χ1) is 10.2. The lowest BCUT2D eigenvalue weighted by Gasteiger charge is -2.21. The maximum atomic E-state index is 6.11. The molecule has 3 aromatic rings. The molecule has 1 aromatic carbocycles. The lowest BCUT2D eigenvalue weighted by molar-refractivity contribution is 0.638. The van der Waals surface area contributed by atoms with Crippen molar-refractivity contribution in [2.45, 2.75) is 13.0 Å². The van der Waals surface area contributed by atoms with Crippen LogP contribution in [0.5, 0.6) is 0 Å². The van der Waals surface area contributed by atoms with Gasteiger partial charge in [0.25, 0.3) is 0 Å². The van der Waals surface area contributed by atoms with Gasteiger partial charge >= 0.3 is 0 Å². The molecule has 3 rings (SSSR count). The molecule has 0 bridgehead atoms. The second-order valence-corrected chi connectivity index (χ2v) is 5.50. The summed E-state index contributed by atoms with van der Waals surface area (Å²) in [5.41, 5.74) is 2.13. The molecule has 0 aliphatic rings. The molecule has 0 atom stereocenters. The molecule has 0 amide bonds. The fourth-order valence-electron chi connectivity index (χ4n) is 2.47. The molecule has 0 fully saturated rings. The Morgan fingerprint density at radius 1 is 1.24 bits per heavy atom. The Bertz CT molecular complexity index is 724. The van der Waals surface area contributed by atoms with Gasteiger partial charge in [0.2, 0.25) is 0 Å². The SMILES string of the molecule is CN(CCCn1ccnc1)c1ccnc2ccc(Cl)cc12. The van der Waals surface area contributed by atoms with Crippen molar-refractivity contribution in [2.24, 2.45) is 0 Å². The quantitative estimate of drug-likeness (QED) is 0.722. The number of halogens is 1. The number of pyridine rings is 1. The van der Waals surface area contributed by atoms with Crippen LogP contribution in [0.15, 0.2) is 49.2 Å². The van der Waals surface area contributed by atoms with Crippen molar-refractivity contribution in [2.75, 3.05) is 18.5 Å². The zero-order valence-corrected chi connectivity index (χ0v) is 12.7.